The Morgan fingerprint density at radius 3 is 1.93 bits per heavy atom. The average molecular weight is 497 g/mol. The van der Waals surface area contributed by atoms with E-state index in [2.05, 4.69) is 25.4 Å². The van der Waals surface area contributed by atoms with Gasteiger partial charge in [-0.3, -0.25) is 9.44 Å². The molecular formula is C19H17BrN2O5S2. The first-order valence-electron chi connectivity index (χ1n) is 8.25. The van der Waals surface area contributed by atoms with Gasteiger partial charge in [0.15, 0.2) is 0 Å². The van der Waals surface area contributed by atoms with E-state index >= 15 is 0 Å². The topological polar surface area (TPSA) is 102 Å². The van der Waals surface area contributed by atoms with E-state index in [9.17, 15) is 16.8 Å². The second-order valence-corrected chi connectivity index (χ2v) is 10.2. The van der Waals surface area contributed by atoms with Crippen molar-refractivity contribution >= 4 is 47.4 Å². The molecule has 0 saturated carbocycles. The summed E-state index contributed by atoms with van der Waals surface area (Å²) in [6.07, 6.45) is 0. The van der Waals surface area contributed by atoms with E-state index in [1.165, 1.54) is 55.6 Å². The van der Waals surface area contributed by atoms with Crippen molar-refractivity contribution in [3.05, 3.63) is 77.3 Å². The fourth-order valence-electron chi connectivity index (χ4n) is 2.43. The normalized spacial score (nSPS) is 11.7. The summed E-state index contributed by atoms with van der Waals surface area (Å²) in [5.41, 5.74) is 0.511. The standard InChI is InChI=1S/C19H17BrN2O5S2/c1-27-17-9-11-18(12-10-17)28(23,24)22-16-3-2-4-19(13-16)29(25,26)21-15-7-5-14(20)6-8-15/h2-13,21-22H,1H3. The molecule has 0 saturated heterocycles. The summed E-state index contributed by atoms with van der Waals surface area (Å²) in [6.45, 7) is 0. The minimum absolute atomic E-state index is 0.0274. The van der Waals surface area contributed by atoms with Crippen LogP contribution in [0.3, 0.4) is 0 Å². The van der Waals surface area contributed by atoms with Crippen molar-refractivity contribution in [3.8, 4) is 5.75 Å². The summed E-state index contributed by atoms with van der Waals surface area (Å²) in [5, 5.41) is 0. The summed E-state index contributed by atoms with van der Waals surface area (Å²) in [5.74, 6) is 0.524. The van der Waals surface area contributed by atoms with Crippen LogP contribution in [0.2, 0.25) is 0 Å². The van der Waals surface area contributed by atoms with E-state index in [1.54, 1.807) is 24.3 Å². The van der Waals surface area contributed by atoms with E-state index in [0.29, 0.717) is 11.4 Å². The van der Waals surface area contributed by atoms with E-state index < -0.39 is 20.0 Å². The molecule has 3 aromatic rings. The van der Waals surface area contributed by atoms with Crippen LogP contribution in [0.1, 0.15) is 0 Å². The van der Waals surface area contributed by atoms with Gasteiger partial charge >= 0.3 is 0 Å². The highest BCUT2D eigenvalue weighted by atomic mass is 79.9. The first kappa shape index (κ1) is 21.2. The molecule has 3 rings (SSSR count). The lowest BCUT2D eigenvalue weighted by Crippen LogP contribution is -2.15. The number of nitrogens with one attached hydrogen (secondary N) is 2. The highest BCUT2D eigenvalue weighted by Gasteiger charge is 2.18. The lowest BCUT2D eigenvalue weighted by Gasteiger charge is -2.12. The minimum atomic E-state index is -3.89. The number of sulfonamides is 2. The summed E-state index contributed by atoms with van der Waals surface area (Å²) in [7, 11) is -6.30. The van der Waals surface area contributed by atoms with Crippen molar-refractivity contribution in [2.75, 3.05) is 16.6 Å². The zero-order valence-corrected chi connectivity index (χ0v) is 18.4. The molecule has 0 radical (unpaired) electrons. The van der Waals surface area contributed by atoms with Crippen molar-refractivity contribution in [1.82, 2.24) is 0 Å². The van der Waals surface area contributed by atoms with Gasteiger partial charge in [-0.1, -0.05) is 22.0 Å². The molecule has 0 amide bonds. The zero-order valence-electron chi connectivity index (χ0n) is 15.2. The Hall–Kier alpha value is -2.56. The molecule has 10 heteroatoms. The second kappa shape index (κ2) is 8.44. The lowest BCUT2D eigenvalue weighted by molar-refractivity contribution is 0.414. The van der Waals surface area contributed by atoms with Crippen LogP contribution in [-0.4, -0.2) is 23.9 Å². The number of benzene rings is 3. The molecule has 7 nitrogen and oxygen atoms in total. The van der Waals surface area contributed by atoms with Crippen LogP contribution in [0.15, 0.2) is 87.1 Å². The molecule has 0 aliphatic heterocycles. The van der Waals surface area contributed by atoms with Gasteiger partial charge in [-0.15, -0.1) is 0 Å². The molecule has 2 N–H and O–H groups in total. The van der Waals surface area contributed by atoms with Gasteiger partial charge in [0, 0.05) is 10.2 Å². The number of ether oxygens (including phenoxy) is 1. The van der Waals surface area contributed by atoms with E-state index in [1.807, 2.05) is 0 Å². The Bertz CT molecular complexity index is 1210. The van der Waals surface area contributed by atoms with Gasteiger partial charge in [0.2, 0.25) is 0 Å². The molecule has 0 fully saturated rings. The maximum absolute atomic E-state index is 12.6. The molecule has 152 valence electrons. The maximum Gasteiger partial charge on any atom is 0.261 e. The third-order valence-electron chi connectivity index (χ3n) is 3.86. The van der Waals surface area contributed by atoms with E-state index in [4.69, 9.17) is 4.74 Å². The Morgan fingerprint density at radius 2 is 1.31 bits per heavy atom. The predicted octanol–water partition coefficient (Wildman–Crippen LogP) is 4.06. The largest absolute Gasteiger partial charge is 0.497 e. The number of hydrogen-bond acceptors (Lipinski definition) is 5. The monoisotopic (exact) mass is 496 g/mol. The van der Waals surface area contributed by atoms with Crippen molar-refractivity contribution in [2.45, 2.75) is 9.79 Å². The van der Waals surface area contributed by atoms with Gasteiger partial charge in [-0.05, 0) is 66.7 Å². The molecular weight excluding hydrogens is 480 g/mol. The van der Waals surface area contributed by atoms with Gasteiger partial charge < -0.3 is 4.74 Å². The van der Waals surface area contributed by atoms with Gasteiger partial charge in [0.1, 0.15) is 5.75 Å². The van der Waals surface area contributed by atoms with Crippen LogP contribution in [0.25, 0.3) is 0 Å². The maximum atomic E-state index is 12.6. The Labute approximate surface area is 178 Å². The second-order valence-electron chi connectivity index (χ2n) is 5.92. The van der Waals surface area contributed by atoms with Crippen molar-refractivity contribution in [2.24, 2.45) is 0 Å². The molecule has 0 aliphatic rings. The molecule has 0 bridgehead atoms. The molecule has 0 heterocycles. The fourth-order valence-corrected chi connectivity index (χ4v) is 4.85. The highest BCUT2D eigenvalue weighted by molar-refractivity contribution is 9.10. The summed E-state index contributed by atoms with van der Waals surface area (Å²) in [4.78, 5) is -0.0464. The number of halogens is 1. The minimum Gasteiger partial charge on any atom is -0.497 e. The van der Waals surface area contributed by atoms with Crippen LogP contribution in [-0.2, 0) is 20.0 Å². The Morgan fingerprint density at radius 1 is 0.724 bits per heavy atom. The zero-order chi connectivity index (χ0) is 21.1. The van der Waals surface area contributed by atoms with E-state index in [-0.39, 0.29) is 15.5 Å². The molecule has 29 heavy (non-hydrogen) atoms. The predicted molar refractivity (Wildman–Crippen MR) is 115 cm³/mol. The Kier molecular flexibility index (Phi) is 6.15. The number of hydrogen-bond donors (Lipinski definition) is 2. The molecule has 0 aromatic heterocycles. The highest BCUT2D eigenvalue weighted by Crippen LogP contribution is 2.23. The SMILES string of the molecule is COc1ccc(S(=O)(=O)Nc2cccc(S(=O)(=O)Nc3ccc(Br)cc3)c2)cc1. The van der Waals surface area contributed by atoms with Crippen molar-refractivity contribution in [3.63, 3.8) is 0 Å². The number of rotatable bonds is 7. The van der Waals surface area contributed by atoms with Crippen LogP contribution in [0, 0.1) is 0 Å². The number of anilines is 2. The molecule has 0 aliphatic carbocycles. The van der Waals surface area contributed by atoms with Gasteiger partial charge in [0.25, 0.3) is 20.0 Å². The quantitative estimate of drug-likeness (QED) is 0.513. The van der Waals surface area contributed by atoms with Gasteiger partial charge in [-0.25, -0.2) is 16.8 Å². The Balaban J connectivity index is 1.83. The van der Waals surface area contributed by atoms with Crippen LogP contribution in [0.5, 0.6) is 5.75 Å². The molecule has 0 spiro atoms. The van der Waals surface area contributed by atoms with Gasteiger partial charge in [0.05, 0.1) is 22.6 Å². The van der Waals surface area contributed by atoms with Crippen LogP contribution < -0.4 is 14.2 Å². The summed E-state index contributed by atoms with van der Waals surface area (Å²) < 4.78 is 61.1. The van der Waals surface area contributed by atoms with E-state index in [0.717, 1.165) is 4.47 Å². The van der Waals surface area contributed by atoms with Gasteiger partial charge in [-0.2, -0.15) is 0 Å². The van der Waals surface area contributed by atoms with Crippen LogP contribution >= 0.6 is 15.9 Å². The molecule has 0 atom stereocenters. The lowest BCUT2D eigenvalue weighted by atomic mass is 10.3. The number of methoxy groups -OCH3 is 1. The summed E-state index contributed by atoms with van der Waals surface area (Å²) >= 11 is 3.29. The molecule has 3 aromatic carbocycles. The third kappa shape index (κ3) is 5.28. The van der Waals surface area contributed by atoms with Crippen molar-refractivity contribution in [1.29, 1.82) is 0 Å². The molecule has 0 unspecified atom stereocenters. The summed E-state index contributed by atoms with van der Waals surface area (Å²) in [6, 6.07) is 18.0. The third-order valence-corrected chi connectivity index (χ3v) is 7.17. The van der Waals surface area contributed by atoms with Crippen molar-refractivity contribution < 1.29 is 21.6 Å². The first-order chi connectivity index (χ1) is 13.7. The fraction of sp³-hybridized carbons (Fsp3) is 0.0526. The smallest absolute Gasteiger partial charge is 0.261 e. The van der Waals surface area contributed by atoms with Crippen LogP contribution in [0.4, 0.5) is 11.4 Å². The first-order valence-corrected chi connectivity index (χ1v) is 12.0. The average Bonchev–Trinajstić information content (AvgIpc) is 2.69.